The fraction of sp³-hybridized carbons (Fsp3) is 0.761. The number of carboxylic acid groups (broad SMARTS) is 1. The first kappa shape index (κ1) is 73.2. The maximum atomic E-state index is 13.2. The highest BCUT2D eigenvalue weighted by Gasteiger charge is 2.50. The Kier molecular flexibility index (Phi) is 50.7. The lowest BCUT2D eigenvalue weighted by molar-refractivity contribution is -0.301. The Balaban J connectivity index is 2.70. The van der Waals surface area contributed by atoms with Gasteiger partial charge < -0.3 is 39.0 Å². The summed E-state index contributed by atoms with van der Waals surface area (Å²) in [5.74, 6) is -3.17. The van der Waals surface area contributed by atoms with E-state index in [1.165, 1.54) is 122 Å². The molecule has 0 aromatic carbocycles. The van der Waals surface area contributed by atoms with E-state index in [4.69, 9.17) is 23.7 Å². The van der Waals surface area contributed by atoms with Crippen LogP contribution in [-0.2, 0) is 42.9 Å². The average Bonchev–Trinajstić information content (AvgIpc) is 3.43. The van der Waals surface area contributed by atoms with Crippen molar-refractivity contribution in [1.82, 2.24) is 0 Å². The van der Waals surface area contributed by atoms with Crippen LogP contribution in [0.3, 0.4) is 0 Å². The van der Waals surface area contributed by atoms with Crippen LogP contribution >= 0.6 is 0 Å². The average molecular weight is 1110 g/mol. The summed E-state index contributed by atoms with van der Waals surface area (Å²) < 4.78 is 28.5. The predicted molar refractivity (Wildman–Crippen MR) is 322 cm³/mol. The maximum absolute atomic E-state index is 13.2. The third-order valence-corrected chi connectivity index (χ3v) is 14.2. The number of hydrogen-bond acceptors (Lipinski definition) is 11. The molecule has 12 heteroatoms. The predicted octanol–water partition coefficient (Wildman–Crippen LogP) is 16.9. The van der Waals surface area contributed by atoms with Gasteiger partial charge in [0.2, 0.25) is 0 Å². The van der Waals surface area contributed by atoms with Gasteiger partial charge in [0.15, 0.2) is 24.6 Å². The third kappa shape index (κ3) is 44.5. The fourth-order valence-electron chi connectivity index (χ4n) is 9.35. The summed E-state index contributed by atoms with van der Waals surface area (Å²) in [5, 5.41) is 31.5. The molecular weight excluding hydrogens is 997 g/mol. The molecule has 1 heterocycles. The summed E-state index contributed by atoms with van der Waals surface area (Å²) in [6, 6.07) is 0. The van der Waals surface area contributed by atoms with Crippen LogP contribution in [0, 0.1) is 0 Å². The summed E-state index contributed by atoms with van der Waals surface area (Å²) in [5.41, 5.74) is 0. The van der Waals surface area contributed by atoms with Crippen LogP contribution in [0.15, 0.2) is 72.9 Å². The van der Waals surface area contributed by atoms with Gasteiger partial charge >= 0.3 is 23.9 Å². The molecule has 3 N–H and O–H groups in total. The Bertz CT molecular complexity index is 1650. The van der Waals surface area contributed by atoms with Crippen molar-refractivity contribution in [2.45, 2.75) is 314 Å². The number of esters is 3. The van der Waals surface area contributed by atoms with Crippen LogP contribution < -0.4 is 0 Å². The highest BCUT2D eigenvalue weighted by atomic mass is 16.7. The van der Waals surface area contributed by atoms with Crippen LogP contribution in [0.1, 0.15) is 278 Å². The molecule has 0 saturated carbocycles. The van der Waals surface area contributed by atoms with Crippen molar-refractivity contribution in [3.05, 3.63) is 72.9 Å². The second-order valence-electron chi connectivity index (χ2n) is 21.7. The molecule has 0 aromatic heterocycles. The van der Waals surface area contributed by atoms with Gasteiger partial charge in [-0.15, -0.1) is 0 Å². The van der Waals surface area contributed by atoms with Gasteiger partial charge in [-0.25, -0.2) is 4.79 Å². The number of rotatable bonds is 54. The Hall–Kier alpha value is -3.84. The number of carbonyl (C=O) groups excluding carboxylic acids is 3. The second kappa shape index (κ2) is 54.7. The molecule has 0 spiro atoms. The third-order valence-electron chi connectivity index (χ3n) is 14.2. The topological polar surface area (TPSA) is 175 Å². The molecule has 79 heavy (non-hydrogen) atoms. The number of unbranched alkanes of at least 4 members (excludes halogenated alkanes) is 28. The normalized spacial score (nSPS) is 18.3. The lowest BCUT2D eigenvalue weighted by Gasteiger charge is -2.40. The molecule has 1 fully saturated rings. The second-order valence-corrected chi connectivity index (χ2v) is 21.7. The zero-order valence-corrected chi connectivity index (χ0v) is 50.1. The molecule has 454 valence electrons. The van der Waals surface area contributed by atoms with Crippen molar-refractivity contribution in [3.63, 3.8) is 0 Å². The van der Waals surface area contributed by atoms with E-state index in [0.29, 0.717) is 25.7 Å². The van der Waals surface area contributed by atoms with E-state index >= 15 is 0 Å². The molecule has 1 saturated heterocycles. The van der Waals surface area contributed by atoms with E-state index in [9.17, 15) is 34.5 Å². The Labute approximate surface area is 480 Å². The van der Waals surface area contributed by atoms with Gasteiger partial charge in [-0.1, -0.05) is 222 Å². The molecule has 1 rings (SSSR count). The molecule has 1 aliphatic heterocycles. The summed E-state index contributed by atoms with van der Waals surface area (Å²) in [4.78, 5) is 51.3. The summed E-state index contributed by atoms with van der Waals surface area (Å²) in [6.45, 7) is 5.87. The van der Waals surface area contributed by atoms with E-state index in [-0.39, 0.29) is 25.9 Å². The highest BCUT2D eigenvalue weighted by molar-refractivity contribution is 5.74. The largest absolute Gasteiger partial charge is 0.479 e. The zero-order chi connectivity index (χ0) is 57.5. The van der Waals surface area contributed by atoms with Gasteiger partial charge in [-0.2, -0.15) is 0 Å². The van der Waals surface area contributed by atoms with Gasteiger partial charge in [0.1, 0.15) is 18.8 Å². The quantitative estimate of drug-likeness (QED) is 0.0228. The monoisotopic (exact) mass is 1110 g/mol. The Morgan fingerprint density at radius 2 is 0.797 bits per heavy atom. The molecule has 0 aliphatic carbocycles. The zero-order valence-electron chi connectivity index (χ0n) is 50.1. The molecule has 0 amide bonds. The standard InChI is InChI=1S/C67H114O12/c1-4-7-10-13-16-19-22-25-28-30-33-35-38-41-44-47-50-53-59(68)75-56-58(77-60(69)54-51-48-45-42-39-37-34-31-29-26-23-20-17-14-11-8-5-2)57-76-67-65(63(72)62(71)64(79-67)66(73)74)78-61(70)55-52-49-46-43-40-36-32-27-24-21-18-15-12-9-6-3/h9,12,18,21,25-29,32,40,43,58,62-65,67,71-72H,4-8,10-11,13-17,19-20,22-24,30-31,33-39,41-42,44-57H2,1-3H3,(H,73,74)/b12-9-,21-18-,28-25-,29-26-,32-27-,43-40-. The summed E-state index contributed by atoms with van der Waals surface area (Å²) >= 11 is 0. The molecule has 0 radical (unpaired) electrons. The van der Waals surface area contributed by atoms with E-state index in [1.54, 1.807) is 0 Å². The minimum absolute atomic E-state index is 0.00631. The van der Waals surface area contributed by atoms with Crippen LogP contribution in [0.4, 0.5) is 0 Å². The molecule has 6 atom stereocenters. The number of ether oxygens (including phenoxy) is 5. The van der Waals surface area contributed by atoms with Crippen LogP contribution in [-0.4, -0.2) is 89.2 Å². The van der Waals surface area contributed by atoms with E-state index in [0.717, 1.165) is 89.9 Å². The molecular formula is C67H114O12. The van der Waals surface area contributed by atoms with Crippen LogP contribution in [0.5, 0.6) is 0 Å². The van der Waals surface area contributed by atoms with Gasteiger partial charge in [0, 0.05) is 19.3 Å². The van der Waals surface area contributed by atoms with E-state index < -0.39 is 67.3 Å². The van der Waals surface area contributed by atoms with Crippen LogP contribution in [0.25, 0.3) is 0 Å². The van der Waals surface area contributed by atoms with Crippen molar-refractivity contribution < 1.29 is 58.2 Å². The SMILES string of the molecule is CC/C=C\C/C=C\C/C=C\C/C=C\CCCCC(=O)OC1C(OCC(COC(=O)CCCCCCCCC/C=C\CCCCCCCC)OC(=O)CCCCCCCCC/C=C\CCCCCCCC)OC(C(=O)O)C(O)C1O. The maximum Gasteiger partial charge on any atom is 0.335 e. The number of allylic oxidation sites excluding steroid dienone is 12. The smallest absolute Gasteiger partial charge is 0.335 e. The minimum Gasteiger partial charge on any atom is -0.479 e. The number of carbonyl (C=O) groups is 4. The van der Waals surface area contributed by atoms with E-state index in [1.807, 2.05) is 0 Å². The Morgan fingerprint density at radius 3 is 1.25 bits per heavy atom. The minimum atomic E-state index is -1.92. The lowest BCUT2D eigenvalue weighted by atomic mass is 9.98. The Morgan fingerprint density at radius 1 is 0.430 bits per heavy atom. The number of hydrogen-bond donors (Lipinski definition) is 3. The summed E-state index contributed by atoms with van der Waals surface area (Å²) in [6.07, 6.45) is 57.2. The number of aliphatic carboxylic acids is 1. The molecule has 0 aromatic rings. The molecule has 6 unspecified atom stereocenters. The first-order chi connectivity index (χ1) is 38.6. The van der Waals surface area contributed by atoms with Gasteiger partial charge in [-0.05, 0) is 109 Å². The van der Waals surface area contributed by atoms with Crippen molar-refractivity contribution in [2.24, 2.45) is 0 Å². The first-order valence-electron chi connectivity index (χ1n) is 31.9. The summed E-state index contributed by atoms with van der Waals surface area (Å²) in [7, 11) is 0. The van der Waals surface area contributed by atoms with Crippen molar-refractivity contribution in [1.29, 1.82) is 0 Å². The van der Waals surface area contributed by atoms with Crippen LogP contribution in [0.2, 0.25) is 0 Å². The first-order valence-corrected chi connectivity index (χ1v) is 31.9. The lowest BCUT2D eigenvalue weighted by Crippen LogP contribution is -2.61. The van der Waals surface area contributed by atoms with Crippen molar-refractivity contribution in [2.75, 3.05) is 13.2 Å². The molecule has 0 bridgehead atoms. The number of aliphatic hydroxyl groups is 2. The van der Waals surface area contributed by atoms with Gasteiger partial charge in [0.05, 0.1) is 6.61 Å². The van der Waals surface area contributed by atoms with Crippen molar-refractivity contribution >= 4 is 23.9 Å². The number of aliphatic hydroxyl groups excluding tert-OH is 2. The van der Waals surface area contributed by atoms with Crippen molar-refractivity contribution in [3.8, 4) is 0 Å². The molecule has 1 aliphatic rings. The fourth-order valence-corrected chi connectivity index (χ4v) is 9.35. The molecule has 12 nitrogen and oxygen atoms in total. The van der Waals surface area contributed by atoms with E-state index in [2.05, 4.69) is 93.7 Å². The highest BCUT2D eigenvalue weighted by Crippen LogP contribution is 2.26. The van der Waals surface area contributed by atoms with Gasteiger partial charge in [0.25, 0.3) is 0 Å². The van der Waals surface area contributed by atoms with Gasteiger partial charge in [-0.3, -0.25) is 14.4 Å². The number of carboxylic acids is 1.